The van der Waals surface area contributed by atoms with Gasteiger partial charge in [0.25, 0.3) is 5.91 Å². The van der Waals surface area contributed by atoms with E-state index in [1.54, 1.807) is 18.2 Å². The van der Waals surface area contributed by atoms with Crippen LogP contribution < -0.4 is 11.5 Å². The molecular formula is C15H23N3O. The largest absolute Gasteiger partial charge is 0.399 e. The Labute approximate surface area is 114 Å². The highest BCUT2D eigenvalue weighted by molar-refractivity contribution is 5.99. The number of carbonyl (C=O) groups is 1. The molecule has 2 rings (SSSR count). The van der Waals surface area contributed by atoms with Crippen molar-refractivity contribution >= 4 is 17.3 Å². The molecule has 4 nitrogen and oxygen atoms in total. The second kappa shape index (κ2) is 5.95. The highest BCUT2D eigenvalue weighted by Crippen LogP contribution is 2.24. The Balaban J connectivity index is 2.25. The van der Waals surface area contributed by atoms with E-state index < -0.39 is 0 Å². The van der Waals surface area contributed by atoms with Crippen molar-refractivity contribution in [3.63, 3.8) is 0 Å². The van der Waals surface area contributed by atoms with Crippen molar-refractivity contribution in [3.05, 3.63) is 23.8 Å². The average Bonchev–Trinajstić information content (AvgIpc) is 2.63. The van der Waals surface area contributed by atoms with Crippen molar-refractivity contribution < 1.29 is 4.79 Å². The zero-order valence-electron chi connectivity index (χ0n) is 11.6. The van der Waals surface area contributed by atoms with Gasteiger partial charge >= 0.3 is 0 Å². The number of amides is 1. The molecular weight excluding hydrogens is 238 g/mol. The highest BCUT2D eigenvalue weighted by atomic mass is 16.2. The molecule has 1 unspecified atom stereocenters. The Hall–Kier alpha value is -1.71. The normalized spacial score (nSPS) is 20.1. The van der Waals surface area contributed by atoms with Crippen LogP contribution in [-0.4, -0.2) is 23.4 Å². The van der Waals surface area contributed by atoms with E-state index in [4.69, 9.17) is 11.5 Å². The summed E-state index contributed by atoms with van der Waals surface area (Å²) in [7, 11) is 0. The highest BCUT2D eigenvalue weighted by Gasteiger charge is 2.26. The van der Waals surface area contributed by atoms with E-state index in [1.807, 2.05) is 4.90 Å². The molecule has 1 saturated heterocycles. The molecule has 19 heavy (non-hydrogen) atoms. The van der Waals surface area contributed by atoms with E-state index in [-0.39, 0.29) is 5.91 Å². The van der Waals surface area contributed by atoms with Crippen molar-refractivity contribution in [1.29, 1.82) is 0 Å². The number of nitrogen functional groups attached to an aromatic ring is 2. The van der Waals surface area contributed by atoms with Crippen LogP contribution in [0, 0.1) is 0 Å². The lowest BCUT2D eigenvalue weighted by Gasteiger charge is -2.29. The molecule has 1 fully saturated rings. The second-order valence-corrected chi connectivity index (χ2v) is 5.26. The Morgan fingerprint density at radius 2 is 2.11 bits per heavy atom. The third-order valence-corrected chi connectivity index (χ3v) is 3.92. The summed E-state index contributed by atoms with van der Waals surface area (Å²) in [6.07, 6.45) is 5.59. The summed E-state index contributed by atoms with van der Waals surface area (Å²) in [6.45, 7) is 2.98. The van der Waals surface area contributed by atoms with E-state index >= 15 is 0 Å². The van der Waals surface area contributed by atoms with Crippen LogP contribution in [0.5, 0.6) is 0 Å². The fourth-order valence-electron chi connectivity index (χ4n) is 2.80. The molecule has 4 N–H and O–H groups in total. The second-order valence-electron chi connectivity index (χ2n) is 5.26. The molecule has 0 aromatic heterocycles. The summed E-state index contributed by atoms with van der Waals surface area (Å²) < 4.78 is 0. The number of nitrogens with zero attached hydrogens (tertiary/aromatic N) is 1. The van der Waals surface area contributed by atoms with Crippen LogP contribution in [0.4, 0.5) is 11.4 Å². The molecule has 1 heterocycles. The number of likely N-dealkylation sites (tertiary alicyclic amines) is 1. The first-order valence-electron chi connectivity index (χ1n) is 7.09. The van der Waals surface area contributed by atoms with Crippen molar-refractivity contribution in [3.8, 4) is 0 Å². The van der Waals surface area contributed by atoms with Gasteiger partial charge in [0, 0.05) is 24.0 Å². The fourth-order valence-corrected chi connectivity index (χ4v) is 2.80. The van der Waals surface area contributed by atoms with Crippen LogP contribution >= 0.6 is 0 Å². The summed E-state index contributed by atoms with van der Waals surface area (Å²) >= 11 is 0. The van der Waals surface area contributed by atoms with Crippen LogP contribution in [-0.2, 0) is 0 Å². The summed E-state index contributed by atoms with van der Waals surface area (Å²) in [4.78, 5) is 14.7. The summed E-state index contributed by atoms with van der Waals surface area (Å²) in [5.74, 6) is 0.0475. The maximum Gasteiger partial charge on any atom is 0.256 e. The Morgan fingerprint density at radius 1 is 1.32 bits per heavy atom. The van der Waals surface area contributed by atoms with Crippen molar-refractivity contribution in [2.45, 2.75) is 45.1 Å². The van der Waals surface area contributed by atoms with Crippen LogP contribution in [0.2, 0.25) is 0 Å². The van der Waals surface area contributed by atoms with E-state index in [9.17, 15) is 4.79 Å². The zero-order chi connectivity index (χ0) is 13.8. The average molecular weight is 261 g/mol. The van der Waals surface area contributed by atoms with Crippen LogP contribution in [0.1, 0.15) is 49.4 Å². The number of nitrogens with two attached hydrogens (primary N) is 2. The van der Waals surface area contributed by atoms with Gasteiger partial charge in [-0.2, -0.15) is 0 Å². The van der Waals surface area contributed by atoms with Crippen LogP contribution in [0.25, 0.3) is 0 Å². The summed E-state index contributed by atoms with van der Waals surface area (Å²) in [6, 6.07) is 5.48. The van der Waals surface area contributed by atoms with Crippen molar-refractivity contribution in [2.24, 2.45) is 0 Å². The predicted octanol–water partition coefficient (Wildman–Crippen LogP) is 2.65. The standard InChI is InChI=1S/C15H23N3O/c1-2-12-6-4-3-5-9-18(12)15(19)13-8-7-11(16)10-14(13)17/h7-8,10,12H,2-6,9,16-17H2,1H3. The number of hydrogen-bond donors (Lipinski definition) is 2. The number of anilines is 2. The molecule has 4 heteroatoms. The molecule has 0 spiro atoms. The van der Waals surface area contributed by atoms with Gasteiger partial charge in [0.2, 0.25) is 0 Å². The number of rotatable bonds is 2. The first-order valence-corrected chi connectivity index (χ1v) is 7.09. The number of hydrogen-bond acceptors (Lipinski definition) is 3. The summed E-state index contributed by atoms with van der Waals surface area (Å²) in [5, 5.41) is 0. The third kappa shape index (κ3) is 3.00. The molecule has 1 amide bonds. The number of carbonyl (C=O) groups excluding carboxylic acids is 1. The molecule has 1 aliphatic heterocycles. The van der Waals surface area contributed by atoms with E-state index in [2.05, 4.69) is 6.92 Å². The number of benzene rings is 1. The lowest BCUT2D eigenvalue weighted by Crippen LogP contribution is -2.40. The van der Waals surface area contributed by atoms with Gasteiger partial charge in [0.05, 0.1) is 5.56 Å². The molecule has 0 bridgehead atoms. The first kappa shape index (κ1) is 13.7. The zero-order valence-corrected chi connectivity index (χ0v) is 11.6. The quantitative estimate of drug-likeness (QED) is 0.804. The Bertz CT molecular complexity index is 459. The maximum absolute atomic E-state index is 12.7. The smallest absolute Gasteiger partial charge is 0.256 e. The van der Waals surface area contributed by atoms with Gasteiger partial charge < -0.3 is 16.4 Å². The predicted molar refractivity (Wildman–Crippen MR) is 78.9 cm³/mol. The Kier molecular flexibility index (Phi) is 4.30. The summed E-state index contributed by atoms with van der Waals surface area (Å²) in [5.41, 5.74) is 13.3. The molecule has 1 atom stereocenters. The van der Waals surface area contributed by atoms with Crippen LogP contribution in [0.3, 0.4) is 0 Å². The minimum Gasteiger partial charge on any atom is -0.399 e. The van der Waals surface area contributed by atoms with Gasteiger partial charge in [-0.05, 0) is 37.5 Å². The third-order valence-electron chi connectivity index (χ3n) is 3.92. The van der Waals surface area contributed by atoms with Gasteiger partial charge in [0.15, 0.2) is 0 Å². The van der Waals surface area contributed by atoms with E-state index in [1.165, 1.54) is 12.8 Å². The van der Waals surface area contributed by atoms with Gasteiger partial charge in [-0.25, -0.2) is 0 Å². The van der Waals surface area contributed by atoms with E-state index in [0.29, 0.717) is 23.0 Å². The molecule has 0 radical (unpaired) electrons. The first-order chi connectivity index (χ1) is 9.13. The van der Waals surface area contributed by atoms with Crippen LogP contribution in [0.15, 0.2) is 18.2 Å². The van der Waals surface area contributed by atoms with E-state index in [0.717, 1.165) is 25.8 Å². The van der Waals surface area contributed by atoms with Gasteiger partial charge in [0.1, 0.15) is 0 Å². The van der Waals surface area contributed by atoms with Crippen molar-refractivity contribution in [1.82, 2.24) is 4.90 Å². The van der Waals surface area contributed by atoms with Crippen molar-refractivity contribution in [2.75, 3.05) is 18.0 Å². The minimum absolute atomic E-state index is 0.0475. The van der Waals surface area contributed by atoms with Gasteiger partial charge in [-0.3, -0.25) is 4.79 Å². The molecule has 1 aromatic carbocycles. The van der Waals surface area contributed by atoms with Gasteiger partial charge in [-0.1, -0.05) is 19.8 Å². The van der Waals surface area contributed by atoms with Gasteiger partial charge in [-0.15, -0.1) is 0 Å². The SMILES string of the molecule is CCC1CCCCCN1C(=O)c1ccc(N)cc1N. The lowest BCUT2D eigenvalue weighted by molar-refractivity contribution is 0.0679. The molecule has 1 aromatic rings. The minimum atomic E-state index is 0.0475. The molecule has 0 saturated carbocycles. The lowest BCUT2D eigenvalue weighted by atomic mass is 10.1. The monoisotopic (exact) mass is 261 g/mol. The fraction of sp³-hybridized carbons (Fsp3) is 0.533. The Morgan fingerprint density at radius 3 is 2.79 bits per heavy atom. The molecule has 0 aliphatic carbocycles. The maximum atomic E-state index is 12.7. The topological polar surface area (TPSA) is 72.3 Å². The molecule has 104 valence electrons. The molecule has 1 aliphatic rings.